The van der Waals surface area contributed by atoms with Crippen LogP contribution in [0.2, 0.25) is 0 Å². The summed E-state index contributed by atoms with van der Waals surface area (Å²) in [6.45, 7) is 14.7. The fourth-order valence-corrected chi connectivity index (χ4v) is 1.37. The second-order valence-electron chi connectivity index (χ2n) is 3.93. The standard InChI is InChI=1S/C13H18O/c1-6-13-12(10(4)5)7-11(8-14-13)9(2)3/h6-7,9H,1,4,8H2,2-3,5H3. The smallest absolute Gasteiger partial charge is 0.126 e. The normalized spacial score (nSPS) is 16.4. The minimum atomic E-state index is 0.524. The van der Waals surface area contributed by atoms with Crippen LogP contribution in [0.4, 0.5) is 0 Å². The Morgan fingerprint density at radius 1 is 1.57 bits per heavy atom. The SMILES string of the molecule is C=CC1=C(C(=C)C)C=C(C(C)C)CO1. The molecule has 0 spiro atoms. The fraction of sp³-hybridized carbons (Fsp3) is 0.385. The van der Waals surface area contributed by atoms with Crippen LogP contribution >= 0.6 is 0 Å². The molecule has 0 aromatic rings. The Balaban J connectivity index is 3.08. The summed E-state index contributed by atoms with van der Waals surface area (Å²) < 4.78 is 5.61. The lowest BCUT2D eigenvalue weighted by atomic mass is 9.96. The van der Waals surface area contributed by atoms with Crippen LogP contribution in [0.3, 0.4) is 0 Å². The van der Waals surface area contributed by atoms with E-state index in [0.29, 0.717) is 12.5 Å². The zero-order valence-electron chi connectivity index (χ0n) is 9.26. The maximum Gasteiger partial charge on any atom is 0.126 e. The zero-order valence-corrected chi connectivity index (χ0v) is 9.26. The van der Waals surface area contributed by atoms with Crippen LogP contribution in [0, 0.1) is 5.92 Å². The summed E-state index contributed by atoms with van der Waals surface area (Å²) in [5.41, 5.74) is 3.42. The maximum absolute atomic E-state index is 5.61. The van der Waals surface area contributed by atoms with Crippen molar-refractivity contribution < 1.29 is 4.74 Å². The van der Waals surface area contributed by atoms with Crippen molar-refractivity contribution in [1.29, 1.82) is 0 Å². The van der Waals surface area contributed by atoms with Crippen LogP contribution in [0.1, 0.15) is 20.8 Å². The first-order chi connectivity index (χ1) is 6.56. The van der Waals surface area contributed by atoms with E-state index in [-0.39, 0.29) is 0 Å². The number of ether oxygens (including phenoxy) is 1. The van der Waals surface area contributed by atoms with E-state index >= 15 is 0 Å². The molecule has 0 atom stereocenters. The molecule has 1 aliphatic heterocycles. The minimum Gasteiger partial charge on any atom is -0.489 e. The number of hydrogen-bond acceptors (Lipinski definition) is 1. The summed E-state index contributed by atoms with van der Waals surface area (Å²) in [6.07, 6.45) is 3.92. The van der Waals surface area contributed by atoms with Gasteiger partial charge in [0.25, 0.3) is 0 Å². The van der Waals surface area contributed by atoms with Gasteiger partial charge >= 0.3 is 0 Å². The van der Waals surface area contributed by atoms with Gasteiger partial charge in [0.2, 0.25) is 0 Å². The lowest BCUT2D eigenvalue weighted by molar-refractivity contribution is 0.237. The van der Waals surface area contributed by atoms with Crippen molar-refractivity contribution in [1.82, 2.24) is 0 Å². The van der Waals surface area contributed by atoms with E-state index in [9.17, 15) is 0 Å². The van der Waals surface area contributed by atoms with Gasteiger partial charge in [-0.3, -0.25) is 0 Å². The van der Waals surface area contributed by atoms with Gasteiger partial charge < -0.3 is 4.74 Å². The van der Waals surface area contributed by atoms with E-state index in [4.69, 9.17) is 4.74 Å². The molecule has 1 nitrogen and oxygen atoms in total. The molecule has 0 radical (unpaired) electrons. The van der Waals surface area contributed by atoms with Crippen LogP contribution in [-0.2, 0) is 4.74 Å². The molecule has 0 aromatic heterocycles. The molecule has 0 aromatic carbocycles. The molecule has 0 bridgehead atoms. The van der Waals surface area contributed by atoms with E-state index in [1.54, 1.807) is 6.08 Å². The molecule has 0 fully saturated rings. The summed E-state index contributed by atoms with van der Waals surface area (Å²) in [5.74, 6) is 1.37. The van der Waals surface area contributed by atoms with Crippen LogP contribution in [-0.4, -0.2) is 6.61 Å². The van der Waals surface area contributed by atoms with Gasteiger partial charge in [-0.25, -0.2) is 0 Å². The third kappa shape index (κ3) is 2.16. The lowest BCUT2D eigenvalue weighted by Crippen LogP contribution is -2.10. The van der Waals surface area contributed by atoms with Gasteiger partial charge in [0, 0.05) is 5.57 Å². The topological polar surface area (TPSA) is 9.23 Å². The highest BCUT2D eigenvalue weighted by Gasteiger charge is 2.14. The van der Waals surface area contributed by atoms with Crippen molar-refractivity contribution in [2.75, 3.05) is 6.61 Å². The molecule has 0 aliphatic carbocycles. The molecule has 0 N–H and O–H groups in total. The Morgan fingerprint density at radius 3 is 2.64 bits per heavy atom. The van der Waals surface area contributed by atoms with Gasteiger partial charge in [-0.15, -0.1) is 0 Å². The number of allylic oxidation sites excluding steroid dienone is 4. The molecule has 0 amide bonds. The maximum atomic E-state index is 5.61. The largest absolute Gasteiger partial charge is 0.489 e. The highest BCUT2D eigenvalue weighted by molar-refractivity contribution is 5.46. The summed E-state index contributed by atoms with van der Waals surface area (Å²) in [4.78, 5) is 0. The molecule has 1 heteroatoms. The monoisotopic (exact) mass is 190 g/mol. The average Bonchev–Trinajstić information content (AvgIpc) is 2.16. The fourth-order valence-electron chi connectivity index (χ4n) is 1.37. The molecule has 1 aliphatic rings. The highest BCUT2D eigenvalue weighted by atomic mass is 16.5. The second-order valence-corrected chi connectivity index (χ2v) is 3.93. The summed E-state index contributed by atoms with van der Waals surface area (Å²) >= 11 is 0. The van der Waals surface area contributed by atoms with Crippen molar-refractivity contribution in [2.45, 2.75) is 20.8 Å². The van der Waals surface area contributed by atoms with Crippen LogP contribution in [0.25, 0.3) is 0 Å². The lowest BCUT2D eigenvalue weighted by Gasteiger charge is -2.21. The molecule has 14 heavy (non-hydrogen) atoms. The van der Waals surface area contributed by atoms with Crippen molar-refractivity contribution in [2.24, 2.45) is 5.92 Å². The number of hydrogen-bond donors (Lipinski definition) is 0. The molecule has 1 heterocycles. The van der Waals surface area contributed by atoms with E-state index < -0.39 is 0 Å². The second kappa shape index (κ2) is 4.32. The summed E-state index contributed by atoms with van der Waals surface area (Å²) in [7, 11) is 0. The number of rotatable bonds is 3. The Kier molecular flexibility index (Phi) is 3.34. The van der Waals surface area contributed by atoms with Gasteiger partial charge in [0.1, 0.15) is 12.4 Å². The molecule has 1 rings (SSSR count). The highest BCUT2D eigenvalue weighted by Crippen LogP contribution is 2.26. The van der Waals surface area contributed by atoms with Gasteiger partial charge in [-0.1, -0.05) is 27.0 Å². The zero-order chi connectivity index (χ0) is 10.7. The molecular formula is C13H18O. The van der Waals surface area contributed by atoms with E-state index in [0.717, 1.165) is 16.9 Å². The summed E-state index contributed by atoms with van der Waals surface area (Å²) in [5, 5.41) is 0. The van der Waals surface area contributed by atoms with Crippen LogP contribution < -0.4 is 0 Å². The van der Waals surface area contributed by atoms with Gasteiger partial charge in [-0.2, -0.15) is 0 Å². The Labute approximate surface area is 86.5 Å². The molecule has 0 saturated carbocycles. The first-order valence-electron chi connectivity index (χ1n) is 4.92. The van der Waals surface area contributed by atoms with Crippen molar-refractivity contribution in [3.8, 4) is 0 Å². The Bertz CT molecular complexity index is 316. The molecule has 0 unspecified atom stereocenters. The van der Waals surface area contributed by atoms with Gasteiger partial charge in [0.05, 0.1) is 0 Å². The average molecular weight is 190 g/mol. The first kappa shape index (κ1) is 10.8. The molecular weight excluding hydrogens is 172 g/mol. The summed E-state index contributed by atoms with van der Waals surface area (Å²) in [6, 6.07) is 0. The van der Waals surface area contributed by atoms with E-state index in [1.807, 2.05) is 6.92 Å². The van der Waals surface area contributed by atoms with Crippen LogP contribution in [0.5, 0.6) is 0 Å². The predicted molar refractivity (Wildman–Crippen MR) is 60.9 cm³/mol. The third-order valence-corrected chi connectivity index (χ3v) is 2.38. The third-order valence-electron chi connectivity index (χ3n) is 2.38. The Hall–Kier alpha value is -1.24. The van der Waals surface area contributed by atoms with E-state index in [2.05, 4.69) is 33.1 Å². The van der Waals surface area contributed by atoms with Gasteiger partial charge in [-0.05, 0) is 36.1 Å². The van der Waals surface area contributed by atoms with Crippen molar-refractivity contribution in [3.63, 3.8) is 0 Å². The van der Waals surface area contributed by atoms with Crippen LogP contribution in [0.15, 0.2) is 47.8 Å². The van der Waals surface area contributed by atoms with E-state index in [1.165, 1.54) is 5.57 Å². The van der Waals surface area contributed by atoms with Crippen molar-refractivity contribution in [3.05, 3.63) is 47.8 Å². The minimum absolute atomic E-state index is 0.524. The molecule has 76 valence electrons. The quantitative estimate of drug-likeness (QED) is 0.660. The molecule has 0 saturated heterocycles. The first-order valence-corrected chi connectivity index (χ1v) is 4.92. The van der Waals surface area contributed by atoms with Gasteiger partial charge in [0.15, 0.2) is 0 Å². The Morgan fingerprint density at radius 2 is 2.21 bits per heavy atom. The predicted octanol–water partition coefficient (Wildman–Crippen LogP) is 3.62. The van der Waals surface area contributed by atoms with Crippen molar-refractivity contribution >= 4 is 0 Å².